The van der Waals surface area contributed by atoms with E-state index in [1.54, 1.807) is 38.1 Å². The van der Waals surface area contributed by atoms with Gasteiger partial charge < -0.3 is 9.47 Å². The third kappa shape index (κ3) is 3.23. The Kier molecular flexibility index (Phi) is 3.92. The molecular formula is C16H19NO5S. The van der Waals surface area contributed by atoms with Crippen LogP contribution in [0.5, 0.6) is 0 Å². The summed E-state index contributed by atoms with van der Waals surface area (Å²) in [4.78, 5) is 12.1. The van der Waals surface area contributed by atoms with E-state index in [0.717, 1.165) is 5.56 Å². The number of hydrogen-bond acceptors (Lipinski definition) is 5. The molecule has 7 heteroatoms. The first-order valence-electron chi connectivity index (χ1n) is 7.35. The minimum Gasteiger partial charge on any atom is -0.342 e. The zero-order valence-electron chi connectivity index (χ0n) is 13.1. The molecule has 0 spiro atoms. The third-order valence-corrected chi connectivity index (χ3v) is 5.33. The van der Waals surface area contributed by atoms with E-state index in [1.807, 2.05) is 6.92 Å². The van der Waals surface area contributed by atoms with Crippen molar-refractivity contribution in [2.75, 3.05) is 0 Å². The predicted molar refractivity (Wildman–Crippen MR) is 83.3 cm³/mol. The van der Waals surface area contributed by atoms with Crippen LogP contribution in [0.2, 0.25) is 0 Å². The minimum absolute atomic E-state index is 0.170. The lowest BCUT2D eigenvalue weighted by Crippen LogP contribution is -2.50. The fraction of sp³-hybridized carbons (Fsp3) is 0.438. The van der Waals surface area contributed by atoms with E-state index in [0.29, 0.717) is 0 Å². The van der Waals surface area contributed by atoms with E-state index in [-0.39, 0.29) is 10.7 Å². The summed E-state index contributed by atoms with van der Waals surface area (Å²) in [6.07, 6.45) is 1.39. The normalized spacial score (nSPS) is 29.5. The van der Waals surface area contributed by atoms with Gasteiger partial charge in [0.1, 0.15) is 6.10 Å². The number of sulfonamides is 1. The summed E-state index contributed by atoms with van der Waals surface area (Å²) in [6, 6.07) is 5.89. The van der Waals surface area contributed by atoms with Crippen LogP contribution in [0.4, 0.5) is 0 Å². The number of nitrogens with one attached hydrogen (secondary N) is 1. The van der Waals surface area contributed by atoms with Crippen LogP contribution >= 0.6 is 0 Å². The zero-order chi connectivity index (χ0) is 16.8. The van der Waals surface area contributed by atoms with Gasteiger partial charge in [-0.15, -0.1) is 0 Å². The molecule has 1 fully saturated rings. The van der Waals surface area contributed by atoms with Crippen LogP contribution in [0.15, 0.2) is 41.3 Å². The van der Waals surface area contributed by atoms with Crippen molar-refractivity contribution in [2.45, 2.75) is 49.7 Å². The molecule has 1 aromatic carbocycles. The van der Waals surface area contributed by atoms with Crippen molar-refractivity contribution in [3.8, 4) is 0 Å². The lowest BCUT2D eigenvalue weighted by Gasteiger charge is -2.26. The lowest BCUT2D eigenvalue weighted by atomic mass is 9.96. The van der Waals surface area contributed by atoms with Crippen LogP contribution in [-0.2, 0) is 24.3 Å². The zero-order valence-corrected chi connectivity index (χ0v) is 14.0. The molecule has 1 saturated heterocycles. The Hall–Kier alpha value is -1.54. The van der Waals surface area contributed by atoms with E-state index in [9.17, 15) is 13.2 Å². The molecule has 3 atom stereocenters. The third-order valence-electron chi connectivity index (χ3n) is 3.85. The Morgan fingerprint density at radius 2 is 1.78 bits per heavy atom. The van der Waals surface area contributed by atoms with Crippen LogP contribution in [0.25, 0.3) is 0 Å². The topological polar surface area (TPSA) is 81.7 Å². The van der Waals surface area contributed by atoms with Crippen molar-refractivity contribution in [1.82, 2.24) is 4.72 Å². The van der Waals surface area contributed by atoms with E-state index < -0.39 is 34.1 Å². The van der Waals surface area contributed by atoms with Crippen LogP contribution in [0.3, 0.4) is 0 Å². The predicted octanol–water partition coefficient (Wildman–Crippen LogP) is 1.30. The molecule has 1 heterocycles. The number of hydrogen-bond donors (Lipinski definition) is 1. The van der Waals surface area contributed by atoms with Gasteiger partial charge in [0, 0.05) is 0 Å². The van der Waals surface area contributed by atoms with Gasteiger partial charge in [0.25, 0.3) is 0 Å². The second-order valence-electron chi connectivity index (χ2n) is 6.24. The van der Waals surface area contributed by atoms with Gasteiger partial charge in [-0.3, -0.25) is 4.79 Å². The van der Waals surface area contributed by atoms with Gasteiger partial charge in [0.05, 0.1) is 10.9 Å². The summed E-state index contributed by atoms with van der Waals surface area (Å²) >= 11 is 0. The van der Waals surface area contributed by atoms with Gasteiger partial charge in [-0.1, -0.05) is 23.8 Å². The number of fused-ring (bicyclic) bond motifs is 1. The van der Waals surface area contributed by atoms with Crippen molar-refractivity contribution >= 4 is 15.8 Å². The first-order chi connectivity index (χ1) is 10.7. The number of carbonyl (C=O) groups excluding carboxylic acids is 1. The van der Waals surface area contributed by atoms with Gasteiger partial charge >= 0.3 is 0 Å². The van der Waals surface area contributed by atoms with Gasteiger partial charge in [-0.25, -0.2) is 13.1 Å². The standard InChI is InChI=1S/C16H19NO5S/c1-10-4-6-11(7-5-10)23(19,20)17-12-8-9-13(18)15-14(12)21-16(2,3)22-15/h4-9,12,14-15,17H,1-3H3/t12-,14+,15-/m1/s1. The van der Waals surface area contributed by atoms with Crippen molar-refractivity contribution in [2.24, 2.45) is 0 Å². The molecule has 2 aliphatic rings. The van der Waals surface area contributed by atoms with Crippen molar-refractivity contribution < 1.29 is 22.7 Å². The molecule has 0 aromatic heterocycles. The highest BCUT2D eigenvalue weighted by Crippen LogP contribution is 2.33. The Bertz CT molecular complexity index is 751. The maximum atomic E-state index is 12.5. The summed E-state index contributed by atoms with van der Waals surface area (Å²) in [7, 11) is -3.72. The number of ether oxygens (including phenoxy) is 2. The maximum Gasteiger partial charge on any atom is 0.241 e. The highest BCUT2D eigenvalue weighted by molar-refractivity contribution is 7.89. The lowest BCUT2D eigenvalue weighted by molar-refractivity contribution is -0.152. The molecular weight excluding hydrogens is 318 g/mol. The van der Waals surface area contributed by atoms with E-state index >= 15 is 0 Å². The fourth-order valence-corrected chi connectivity index (χ4v) is 3.95. The Labute approximate surface area is 135 Å². The number of benzene rings is 1. The highest BCUT2D eigenvalue weighted by Gasteiger charge is 2.49. The van der Waals surface area contributed by atoms with Gasteiger partial charge in [-0.2, -0.15) is 0 Å². The summed E-state index contributed by atoms with van der Waals surface area (Å²) in [5.74, 6) is -1.14. The molecule has 0 saturated carbocycles. The minimum atomic E-state index is -3.72. The number of rotatable bonds is 3. The summed E-state index contributed by atoms with van der Waals surface area (Å²) in [5, 5.41) is 0. The van der Waals surface area contributed by atoms with Crippen molar-refractivity contribution in [3.05, 3.63) is 42.0 Å². The van der Waals surface area contributed by atoms with Crippen LogP contribution < -0.4 is 4.72 Å². The number of ketones is 1. The summed E-state index contributed by atoms with van der Waals surface area (Å²) < 4.78 is 38.9. The highest BCUT2D eigenvalue weighted by atomic mass is 32.2. The first-order valence-corrected chi connectivity index (χ1v) is 8.83. The van der Waals surface area contributed by atoms with Crippen molar-refractivity contribution in [1.29, 1.82) is 0 Å². The van der Waals surface area contributed by atoms with E-state index in [4.69, 9.17) is 9.47 Å². The molecule has 0 unspecified atom stereocenters. The monoisotopic (exact) mass is 337 g/mol. The molecule has 0 amide bonds. The van der Waals surface area contributed by atoms with Gasteiger partial charge in [0.2, 0.25) is 10.0 Å². The molecule has 124 valence electrons. The summed E-state index contributed by atoms with van der Waals surface area (Å²) in [6.45, 7) is 5.28. The van der Waals surface area contributed by atoms with E-state index in [1.165, 1.54) is 12.2 Å². The van der Waals surface area contributed by atoms with Gasteiger partial charge in [0.15, 0.2) is 17.7 Å². The second kappa shape index (κ2) is 5.52. The molecule has 0 radical (unpaired) electrons. The van der Waals surface area contributed by atoms with Gasteiger partial charge in [-0.05, 0) is 39.0 Å². The quantitative estimate of drug-likeness (QED) is 0.899. The Balaban J connectivity index is 1.85. The van der Waals surface area contributed by atoms with Crippen LogP contribution in [0, 0.1) is 6.92 Å². The molecule has 1 aliphatic heterocycles. The summed E-state index contributed by atoms with van der Waals surface area (Å²) in [5.41, 5.74) is 0.974. The van der Waals surface area contributed by atoms with Crippen molar-refractivity contribution in [3.63, 3.8) is 0 Å². The molecule has 3 rings (SSSR count). The smallest absolute Gasteiger partial charge is 0.241 e. The van der Waals surface area contributed by atoms with Crippen LogP contribution in [0.1, 0.15) is 19.4 Å². The number of carbonyl (C=O) groups is 1. The molecule has 0 bridgehead atoms. The average Bonchev–Trinajstić information content (AvgIpc) is 2.79. The van der Waals surface area contributed by atoms with Crippen LogP contribution in [-0.4, -0.2) is 38.2 Å². The average molecular weight is 337 g/mol. The Morgan fingerprint density at radius 1 is 1.13 bits per heavy atom. The molecule has 1 N–H and O–H groups in total. The molecule has 6 nitrogen and oxygen atoms in total. The first kappa shape index (κ1) is 16.3. The number of aryl methyl sites for hydroxylation is 1. The fourth-order valence-electron chi connectivity index (χ4n) is 2.75. The maximum absolute atomic E-state index is 12.5. The van der Waals surface area contributed by atoms with E-state index in [2.05, 4.69) is 4.72 Å². The largest absolute Gasteiger partial charge is 0.342 e. The second-order valence-corrected chi connectivity index (χ2v) is 7.96. The SMILES string of the molecule is Cc1ccc(S(=O)(=O)N[C@@H]2C=CC(=O)[C@H]3OC(C)(C)O[C@H]32)cc1. The molecule has 1 aromatic rings. The molecule has 23 heavy (non-hydrogen) atoms. The molecule has 1 aliphatic carbocycles. The Morgan fingerprint density at radius 3 is 2.43 bits per heavy atom.